The Morgan fingerprint density at radius 3 is 2.71 bits per heavy atom. The van der Waals surface area contributed by atoms with Crippen molar-refractivity contribution in [3.05, 3.63) is 48.4 Å². The number of ether oxygens (including phenoxy) is 1. The maximum absolute atomic E-state index is 5.57. The van der Waals surface area contributed by atoms with Crippen molar-refractivity contribution >= 4 is 5.82 Å². The number of nitrogens with zero attached hydrogens (tertiary/aromatic N) is 2. The molecular weight excluding hydrogens is 214 g/mol. The molecule has 0 aliphatic heterocycles. The van der Waals surface area contributed by atoms with Crippen LogP contribution in [0.4, 0.5) is 5.82 Å². The highest BCUT2D eigenvalue weighted by Crippen LogP contribution is 2.12. The van der Waals surface area contributed by atoms with Crippen molar-refractivity contribution in [1.82, 2.24) is 9.97 Å². The van der Waals surface area contributed by atoms with E-state index in [4.69, 9.17) is 10.5 Å². The van der Waals surface area contributed by atoms with Crippen LogP contribution in [0.5, 0.6) is 5.75 Å². The number of hydrogen-bond donors (Lipinski definition) is 1. The predicted molar refractivity (Wildman–Crippen MR) is 66.7 cm³/mol. The van der Waals surface area contributed by atoms with Crippen molar-refractivity contribution in [3.8, 4) is 5.75 Å². The van der Waals surface area contributed by atoms with Gasteiger partial charge in [0.05, 0.1) is 6.61 Å². The topological polar surface area (TPSA) is 61.0 Å². The molecule has 2 N–H and O–H groups in total. The Morgan fingerprint density at radius 1 is 1.12 bits per heavy atom. The molecule has 0 bridgehead atoms. The smallest absolute Gasteiger partial charge is 0.126 e. The van der Waals surface area contributed by atoms with Gasteiger partial charge in [0.2, 0.25) is 0 Å². The van der Waals surface area contributed by atoms with Crippen LogP contribution >= 0.6 is 0 Å². The van der Waals surface area contributed by atoms with Crippen LogP contribution in [0.3, 0.4) is 0 Å². The van der Waals surface area contributed by atoms with Crippen LogP contribution in [0, 0.1) is 0 Å². The normalized spacial score (nSPS) is 10.1. The zero-order valence-corrected chi connectivity index (χ0v) is 9.54. The molecule has 17 heavy (non-hydrogen) atoms. The Hall–Kier alpha value is -2.10. The lowest BCUT2D eigenvalue weighted by molar-refractivity contribution is 0.311. The van der Waals surface area contributed by atoms with Crippen LogP contribution < -0.4 is 10.5 Å². The predicted octanol–water partition coefficient (Wildman–Crippen LogP) is 2.07. The van der Waals surface area contributed by atoms with Crippen molar-refractivity contribution in [2.24, 2.45) is 0 Å². The first-order valence-corrected chi connectivity index (χ1v) is 5.58. The first kappa shape index (κ1) is 11.4. The third kappa shape index (κ3) is 3.75. The summed E-state index contributed by atoms with van der Waals surface area (Å²) in [4.78, 5) is 7.89. The van der Waals surface area contributed by atoms with E-state index >= 15 is 0 Å². The minimum Gasteiger partial charge on any atom is -0.493 e. The monoisotopic (exact) mass is 229 g/mol. The zero-order chi connectivity index (χ0) is 11.9. The average molecular weight is 229 g/mol. The molecule has 0 aromatic carbocycles. The summed E-state index contributed by atoms with van der Waals surface area (Å²) in [6, 6.07) is 7.57. The van der Waals surface area contributed by atoms with Gasteiger partial charge >= 0.3 is 0 Å². The molecular formula is C13H15N3O. The number of hydrogen-bond acceptors (Lipinski definition) is 4. The third-order valence-electron chi connectivity index (χ3n) is 2.38. The number of rotatable bonds is 5. The third-order valence-corrected chi connectivity index (χ3v) is 2.38. The van der Waals surface area contributed by atoms with E-state index in [1.807, 2.05) is 18.2 Å². The van der Waals surface area contributed by atoms with E-state index in [1.54, 1.807) is 24.7 Å². The highest BCUT2D eigenvalue weighted by atomic mass is 16.5. The van der Waals surface area contributed by atoms with Gasteiger partial charge in [-0.15, -0.1) is 0 Å². The molecule has 0 spiro atoms. The van der Waals surface area contributed by atoms with Crippen LogP contribution in [0.2, 0.25) is 0 Å². The zero-order valence-electron chi connectivity index (χ0n) is 9.54. The molecule has 0 radical (unpaired) electrons. The minimum atomic E-state index is 0.483. The number of anilines is 1. The summed E-state index contributed by atoms with van der Waals surface area (Å²) < 4.78 is 5.57. The molecule has 0 saturated heterocycles. The molecule has 4 heteroatoms. The summed E-state index contributed by atoms with van der Waals surface area (Å²) in [7, 11) is 0. The minimum absolute atomic E-state index is 0.483. The van der Waals surface area contributed by atoms with E-state index in [9.17, 15) is 0 Å². The molecule has 0 saturated carbocycles. The van der Waals surface area contributed by atoms with Crippen molar-refractivity contribution in [3.63, 3.8) is 0 Å². The van der Waals surface area contributed by atoms with Gasteiger partial charge in [0.1, 0.15) is 11.6 Å². The second kappa shape index (κ2) is 5.84. The maximum Gasteiger partial charge on any atom is 0.126 e. The lowest BCUT2D eigenvalue weighted by atomic mass is 10.1. The average Bonchev–Trinajstić information content (AvgIpc) is 2.36. The van der Waals surface area contributed by atoms with Crippen LogP contribution in [-0.2, 0) is 6.42 Å². The van der Waals surface area contributed by atoms with E-state index in [2.05, 4.69) is 9.97 Å². The van der Waals surface area contributed by atoms with Crippen molar-refractivity contribution in [2.75, 3.05) is 12.3 Å². The van der Waals surface area contributed by atoms with Crippen LogP contribution in [0.25, 0.3) is 0 Å². The van der Waals surface area contributed by atoms with Crippen molar-refractivity contribution in [1.29, 1.82) is 0 Å². The largest absolute Gasteiger partial charge is 0.493 e. The van der Waals surface area contributed by atoms with Gasteiger partial charge in [-0.1, -0.05) is 0 Å². The fourth-order valence-corrected chi connectivity index (χ4v) is 1.53. The van der Waals surface area contributed by atoms with Gasteiger partial charge in [-0.3, -0.25) is 4.98 Å². The fourth-order valence-electron chi connectivity index (χ4n) is 1.53. The first-order chi connectivity index (χ1) is 8.34. The van der Waals surface area contributed by atoms with Gasteiger partial charge in [0.15, 0.2) is 0 Å². The maximum atomic E-state index is 5.57. The van der Waals surface area contributed by atoms with Crippen LogP contribution in [0.1, 0.15) is 12.0 Å². The number of aryl methyl sites for hydroxylation is 1. The second-order valence-electron chi connectivity index (χ2n) is 3.72. The van der Waals surface area contributed by atoms with Crippen LogP contribution in [0.15, 0.2) is 42.9 Å². The SMILES string of the molecule is Nc1cc(OCCCc2ccncc2)ccn1. The molecule has 4 nitrogen and oxygen atoms in total. The van der Waals surface area contributed by atoms with Gasteiger partial charge in [0.25, 0.3) is 0 Å². The molecule has 0 aliphatic carbocycles. The Labute approximate surface area is 100 Å². The van der Waals surface area contributed by atoms with Gasteiger partial charge in [-0.05, 0) is 36.6 Å². The Morgan fingerprint density at radius 2 is 1.94 bits per heavy atom. The molecule has 2 rings (SSSR count). The quantitative estimate of drug-likeness (QED) is 0.797. The summed E-state index contributed by atoms with van der Waals surface area (Å²) in [5, 5.41) is 0. The molecule has 0 atom stereocenters. The standard InChI is InChI=1S/C13H15N3O/c14-13-10-12(5-8-16-13)17-9-1-2-11-3-6-15-7-4-11/h3-8,10H,1-2,9H2,(H2,14,16). The lowest BCUT2D eigenvalue weighted by Gasteiger charge is -2.06. The molecule has 0 unspecified atom stereocenters. The number of nitrogens with two attached hydrogens (primary N) is 1. The van der Waals surface area contributed by atoms with Gasteiger partial charge < -0.3 is 10.5 Å². The van der Waals surface area contributed by atoms with Crippen molar-refractivity contribution < 1.29 is 4.74 Å². The summed E-state index contributed by atoms with van der Waals surface area (Å²) >= 11 is 0. The summed E-state index contributed by atoms with van der Waals surface area (Å²) in [5.41, 5.74) is 6.83. The summed E-state index contributed by atoms with van der Waals surface area (Å²) in [5.74, 6) is 1.25. The molecule has 88 valence electrons. The van der Waals surface area contributed by atoms with E-state index in [1.165, 1.54) is 5.56 Å². The van der Waals surface area contributed by atoms with E-state index < -0.39 is 0 Å². The van der Waals surface area contributed by atoms with Crippen molar-refractivity contribution in [2.45, 2.75) is 12.8 Å². The van der Waals surface area contributed by atoms with Crippen LogP contribution in [-0.4, -0.2) is 16.6 Å². The Bertz CT molecular complexity index is 459. The highest BCUT2D eigenvalue weighted by Gasteiger charge is 1.96. The first-order valence-electron chi connectivity index (χ1n) is 5.58. The van der Waals surface area contributed by atoms with E-state index in [0.717, 1.165) is 18.6 Å². The Balaban J connectivity index is 1.73. The molecule has 2 aromatic heterocycles. The lowest BCUT2D eigenvalue weighted by Crippen LogP contribution is -2.00. The molecule has 0 amide bonds. The van der Waals surface area contributed by atoms with Gasteiger partial charge in [0, 0.05) is 24.7 Å². The summed E-state index contributed by atoms with van der Waals surface area (Å²) in [6.07, 6.45) is 7.21. The highest BCUT2D eigenvalue weighted by molar-refractivity contribution is 5.35. The molecule has 2 heterocycles. The number of aromatic nitrogens is 2. The van der Waals surface area contributed by atoms with E-state index in [-0.39, 0.29) is 0 Å². The molecule has 0 fully saturated rings. The molecule has 0 aliphatic rings. The molecule has 2 aromatic rings. The fraction of sp³-hybridized carbons (Fsp3) is 0.231. The number of nitrogen functional groups attached to an aromatic ring is 1. The Kier molecular flexibility index (Phi) is 3.91. The number of pyridine rings is 2. The van der Waals surface area contributed by atoms with Gasteiger partial charge in [-0.2, -0.15) is 0 Å². The van der Waals surface area contributed by atoms with Gasteiger partial charge in [-0.25, -0.2) is 4.98 Å². The summed E-state index contributed by atoms with van der Waals surface area (Å²) in [6.45, 7) is 0.672. The van der Waals surface area contributed by atoms with E-state index in [0.29, 0.717) is 12.4 Å². The second-order valence-corrected chi connectivity index (χ2v) is 3.72.